The number of rotatable bonds is 3. The van der Waals surface area contributed by atoms with Crippen LogP contribution in [0.3, 0.4) is 0 Å². The van der Waals surface area contributed by atoms with Crippen LogP contribution in [0.4, 0.5) is 10.1 Å². The second-order valence-electron chi connectivity index (χ2n) is 4.61. The number of hydrogen-bond acceptors (Lipinski definition) is 4. The summed E-state index contributed by atoms with van der Waals surface area (Å²) in [5, 5.41) is 12.5. The number of nitrogens with zero attached hydrogens (tertiary/aromatic N) is 1. The number of nitrogens with one attached hydrogen (secondary N) is 1. The van der Waals surface area contributed by atoms with Gasteiger partial charge in [-0.25, -0.2) is 9.37 Å². The normalized spacial score (nSPS) is 12.5. The van der Waals surface area contributed by atoms with Gasteiger partial charge in [0.1, 0.15) is 11.6 Å². The Morgan fingerprint density at radius 2 is 2.10 bits per heavy atom. The third-order valence-electron chi connectivity index (χ3n) is 3.16. The summed E-state index contributed by atoms with van der Waals surface area (Å²) in [6.45, 7) is 1.88. The fourth-order valence-corrected chi connectivity index (χ4v) is 2.86. The topological polar surface area (TPSA) is 45.2 Å². The highest BCUT2D eigenvalue weighted by molar-refractivity contribution is 7.16. The zero-order valence-corrected chi connectivity index (χ0v) is 11.6. The predicted octanol–water partition coefficient (Wildman–Crippen LogP) is 4.31. The van der Waals surface area contributed by atoms with Gasteiger partial charge in [-0.05, 0) is 31.2 Å². The molecule has 2 N–H and O–H groups in total. The lowest BCUT2D eigenvalue weighted by Gasteiger charge is -2.16. The van der Waals surface area contributed by atoms with Crippen molar-refractivity contribution in [3.63, 3.8) is 0 Å². The molecule has 0 saturated carbocycles. The molecule has 0 aliphatic heterocycles. The number of phenolic OH excluding ortho intramolecular Hbond substituents is 1. The monoisotopic (exact) mass is 288 g/mol. The van der Waals surface area contributed by atoms with Gasteiger partial charge in [0.25, 0.3) is 0 Å². The summed E-state index contributed by atoms with van der Waals surface area (Å²) in [7, 11) is 0. The van der Waals surface area contributed by atoms with Crippen LogP contribution in [0.1, 0.15) is 18.5 Å². The van der Waals surface area contributed by atoms with Gasteiger partial charge >= 0.3 is 0 Å². The highest BCUT2D eigenvalue weighted by Gasteiger charge is 2.11. The van der Waals surface area contributed by atoms with Gasteiger partial charge in [-0.1, -0.05) is 6.07 Å². The van der Waals surface area contributed by atoms with Crippen molar-refractivity contribution in [3.8, 4) is 5.75 Å². The number of fused-ring (bicyclic) bond motifs is 1. The first-order chi connectivity index (χ1) is 9.63. The summed E-state index contributed by atoms with van der Waals surface area (Å²) < 4.78 is 14.9. The lowest BCUT2D eigenvalue weighted by Crippen LogP contribution is -2.08. The van der Waals surface area contributed by atoms with E-state index in [0.717, 1.165) is 22.0 Å². The number of aromatic nitrogens is 1. The molecule has 0 spiro atoms. The molecule has 1 atom stereocenters. The molecule has 3 rings (SSSR count). The first kappa shape index (κ1) is 12.9. The van der Waals surface area contributed by atoms with E-state index in [1.54, 1.807) is 22.9 Å². The lowest BCUT2D eigenvalue weighted by molar-refractivity contribution is 0.467. The van der Waals surface area contributed by atoms with Crippen molar-refractivity contribution in [1.29, 1.82) is 0 Å². The maximum absolute atomic E-state index is 13.8. The van der Waals surface area contributed by atoms with E-state index in [0.29, 0.717) is 5.56 Å². The lowest BCUT2D eigenvalue weighted by atomic mass is 10.1. The third kappa shape index (κ3) is 2.44. The van der Waals surface area contributed by atoms with Crippen molar-refractivity contribution in [2.45, 2.75) is 13.0 Å². The molecule has 102 valence electrons. The molecule has 0 saturated heterocycles. The van der Waals surface area contributed by atoms with Gasteiger partial charge < -0.3 is 10.4 Å². The minimum absolute atomic E-state index is 0.0653. The Bertz CT molecular complexity index is 756. The van der Waals surface area contributed by atoms with Crippen molar-refractivity contribution in [1.82, 2.24) is 4.98 Å². The van der Waals surface area contributed by atoms with Crippen LogP contribution in [-0.2, 0) is 0 Å². The van der Waals surface area contributed by atoms with Crippen LogP contribution in [0.5, 0.6) is 5.75 Å². The molecule has 1 heterocycles. The zero-order valence-electron chi connectivity index (χ0n) is 10.8. The summed E-state index contributed by atoms with van der Waals surface area (Å²) in [6.07, 6.45) is 0. The highest BCUT2D eigenvalue weighted by Crippen LogP contribution is 2.27. The molecule has 2 aromatic carbocycles. The summed E-state index contributed by atoms with van der Waals surface area (Å²) in [5.41, 5.74) is 4.20. The fraction of sp³-hybridized carbons (Fsp3) is 0.133. The molecule has 1 unspecified atom stereocenters. The molecule has 5 heteroatoms. The van der Waals surface area contributed by atoms with Crippen LogP contribution >= 0.6 is 11.3 Å². The van der Waals surface area contributed by atoms with Gasteiger partial charge in [0.15, 0.2) is 0 Å². The molecule has 1 aromatic heterocycles. The van der Waals surface area contributed by atoms with Gasteiger partial charge in [-0.15, -0.1) is 11.3 Å². The van der Waals surface area contributed by atoms with Gasteiger partial charge in [0, 0.05) is 17.3 Å². The Kier molecular flexibility index (Phi) is 3.28. The molecular weight excluding hydrogens is 275 g/mol. The molecule has 0 radical (unpaired) electrons. The quantitative estimate of drug-likeness (QED) is 0.754. The number of aromatic hydroxyl groups is 1. The standard InChI is InChI=1S/C15H13FN2OS/c1-9(12-4-3-11(19)7-13(12)16)18-10-2-5-14-15(6-10)20-8-17-14/h2-9,18-19H,1H3. The minimum Gasteiger partial charge on any atom is -0.508 e. The molecule has 0 amide bonds. The van der Waals surface area contributed by atoms with Crippen LogP contribution in [0, 0.1) is 5.82 Å². The molecular formula is C15H13FN2OS. The molecule has 20 heavy (non-hydrogen) atoms. The van der Waals surface area contributed by atoms with E-state index in [9.17, 15) is 9.50 Å². The third-order valence-corrected chi connectivity index (χ3v) is 3.96. The van der Waals surface area contributed by atoms with E-state index in [4.69, 9.17) is 0 Å². The average molecular weight is 288 g/mol. The Hall–Kier alpha value is -2.14. The van der Waals surface area contributed by atoms with Gasteiger partial charge in [0.05, 0.1) is 21.8 Å². The summed E-state index contributed by atoms with van der Waals surface area (Å²) in [4.78, 5) is 4.22. The summed E-state index contributed by atoms with van der Waals surface area (Å²) in [6, 6.07) is 9.88. The van der Waals surface area contributed by atoms with Crippen LogP contribution in [0.15, 0.2) is 41.9 Å². The van der Waals surface area contributed by atoms with E-state index in [1.165, 1.54) is 6.07 Å². The van der Waals surface area contributed by atoms with Crippen molar-refractivity contribution in [2.75, 3.05) is 5.32 Å². The Morgan fingerprint density at radius 3 is 2.90 bits per heavy atom. The van der Waals surface area contributed by atoms with E-state index in [2.05, 4.69) is 10.3 Å². The van der Waals surface area contributed by atoms with Crippen molar-refractivity contribution < 1.29 is 9.50 Å². The first-order valence-corrected chi connectivity index (χ1v) is 7.09. The SMILES string of the molecule is CC(Nc1ccc2ncsc2c1)c1ccc(O)cc1F. The van der Waals surface area contributed by atoms with Gasteiger partial charge in [0.2, 0.25) is 0 Å². The first-order valence-electron chi connectivity index (χ1n) is 6.21. The van der Waals surface area contributed by atoms with E-state index in [1.807, 2.05) is 25.1 Å². The predicted molar refractivity (Wildman–Crippen MR) is 79.7 cm³/mol. The Balaban J connectivity index is 1.85. The highest BCUT2D eigenvalue weighted by atomic mass is 32.1. The number of anilines is 1. The maximum Gasteiger partial charge on any atom is 0.132 e. The molecule has 3 nitrogen and oxygen atoms in total. The second-order valence-corrected chi connectivity index (χ2v) is 5.49. The average Bonchev–Trinajstić information content (AvgIpc) is 2.85. The van der Waals surface area contributed by atoms with Crippen molar-refractivity contribution >= 4 is 27.2 Å². The minimum atomic E-state index is -0.413. The Morgan fingerprint density at radius 1 is 1.25 bits per heavy atom. The largest absolute Gasteiger partial charge is 0.508 e. The van der Waals surface area contributed by atoms with Crippen molar-refractivity contribution in [2.24, 2.45) is 0 Å². The maximum atomic E-state index is 13.8. The molecule has 0 aliphatic rings. The number of thiazole rings is 1. The zero-order chi connectivity index (χ0) is 14.1. The molecule has 3 aromatic rings. The second kappa shape index (κ2) is 5.09. The van der Waals surface area contributed by atoms with Crippen LogP contribution in [-0.4, -0.2) is 10.1 Å². The van der Waals surface area contributed by atoms with Crippen molar-refractivity contribution in [3.05, 3.63) is 53.3 Å². The number of halogens is 1. The van der Waals surface area contributed by atoms with E-state index >= 15 is 0 Å². The van der Waals surface area contributed by atoms with E-state index < -0.39 is 5.82 Å². The van der Waals surface area contributed by atoms with Gasteiger partial charge in [-0.2, -0.15) is 0 Å². The molecule has 0 bridgehead atoms. The van der Waals surface area contributed by atoms with Crippen LogP contribution in [0.25, 0.3) is 10.2 Å². The smallest absolute Gasteiger partial charge is 0.132 e. The molecule has 0 aliphatic carbocycles. The number of hydrogen-bond donors (Lipinski definition) is 2. The van der Waals surface area contributed by atoms with Crippen LogP contribution < -0.4 is 5.32 Å². The summed E-state index contributed by atoms with van der Waals surface area (Å²) in [5.74, 6) is -0.478. The van der Waals surface area contributed by atoms with E-state index in [-0.39, 0.29) is 11.8 Å². The van der Waals surface area contributed by atoms with Crippen LogP contribution in [0.2, 0.25) is 0 Å². The van der Waals surface area contributed by atoms with Gasteiger partial charge in [-0.3, -0.25) is 0 Å². The fourth-order valence-electron chi connectivity index (χ4n) is 2.14. The number of benzene rings is 2. The Labute approximate surface area is 119 Å². The summed E-state index contributed by atoms with van der Waals surface area (Å²) >= 11 is 1.57. The molecule has 0 fully saturated rings. The number of phenols is 1.